The Kier molecular flexibility index (Phi) is 5.36. The highest BCUT2D eigenvalue weighted by molar-refractivity contribution is 5.81. The molecule has 1 amide bonds. The molecule has 1 unspecified atom stereocenters. The van der Waals surface area contributed by atoms with Crippen LogP contribution in [0.25, 0.3) is 0 Å². The summed E-state index contributed by atoms with van der Waals surface area (Å²) in [6, 6.07) is -0.164. The lowest BCUT2D eigenvalue weighted by Crippen LogP contribution is -2.52. The van der Waals surface area contributed by atoms with E-state index in [-0.39, 0.29) is 11.9 Å². The van der Waals surface area contributed by atoms with Crippen molar-refractivity contribution in [3.05, 3.63) is 12.7 Å². The van der Waals surface area contributed by atoms with Crippen LogP contribution in [0, 0.1) is 0 Å². The normalized spacial score (nSPS) is 19.5. The smallest absolute Gasteiger partial charge is 0.238 e. The van der Waals surface area contributed by atoms with E-state index in [9.17, 15) is 4.79 Å². The fourth-order valence-corrected chi connectivity index (χ4v) is 1.68. The van der Waals surface area contributed by atoms with Gasteiger partial charge in [0.2, 0.25) is 5.91 Å². The lowest BCUT2D eigenvalue weighted by Gasteiger charge is -2.29. The zero-order chi connectivity index (χ0) is 11.1. The number of nitrogens with zero attached hydrogens (tertiary/aromatic N) is 1. The number of hydrogen-bond acceptors (Lipinski definition) is 3. The minimum absolute atomic E-state index is 0.0282. The Labute approximate surface area is 91.7 Å². The molecule has 1 aliphatic heterocycles. The van der Waals surface area contributed by atoms with E-state index in [1.165, 1.54) is 19.3 Å². The zero-order valence-electron chi connectivity index (χ0n) is 9.46. The molecule has 4 heteroatoms. The van der Waals surface area contributed by atoms with Crippen LogP contribution in [0.3, 0.4) is 0 Å². The van der Waals surface area contributed by atoms with Gasteiger partial charge in [-0.15, -0.1) is 6.58 Å². The van der Waals surface area contributed by atoms with Crippen LogP contribution in [0.15, 0.2) is 12.7 Å². The van der Waals surface area contributed by atoms with Crippen LogP contribution < -0.4 is 10.7 Å². The summed E-state index contributed by atoms with van der Waals surface area (Å²) in [5.74, 6) is 0.0282. The monoisotopic (exact) mass is 211 g/mol. The van der Waals surface area contributed by atoms with Crippen LogP contribution in [0.5, 0.6) is 0 Å². The topological polar surface area (TPSA) is 44.4 Å². The first-order valence-electron chi connectivity index (χ1n) is 5.63. The predicted octanol–water partition coefficient (Wildman–Crippen LogP) is 0.668. The SMILES string of the molecule is C=CCNC(=O)C(C)NN1CCCCC1. The van der Waals surface area contributed by atoms with Gasteiger partial charge in [-0.25, -0.2) is 10.4 Å². The Morgan fingerprint density at radius 2 is 2.13 bits per heavy atom. The minimum atomic E-state index is -0.164. The molecule has 0 aliphatic carbocycles. The van der Waals surface area contributed by atoms with E-state index in [4.69, 9.17) is 0 Å². The molecule has 1 atom stereocenters. The highest BCUT2D eigenvalue weighted by Crippen LogP contribution is 2.06. The lowest BCUT2D eigenvalue weighted by molar-refractivity contribution is -0.124. The van der Waals surface area contributed by atoms with Gasteiger partial charge in [0, 0.05) is 19.6 Å². The van der Waals surface area contributed by atoms with Gasteiger partial charge in [-0.1, -0.05) is 12.5 Å². The van der Waals surface area contributed by atoms with Crippen LogP contribution in [-0.2, 0) is 4.79 Å². The van der Waals surface area contributed by atoms with Crippen molar-refractivity contribution < 1.29 is 4.79 Å². The molecule has 86 valence electrons. The first-order valence-corrected chi connectivity index (χ1v) is 5.63. The number of hydrazine groups is 1. The van der Waals surface area contributed by atoms with Gasteiger partial charge in [0.15, 0.2) is 0 Å². The van der Waals surface area contributed by atoms with E-state index in [0.717, 1.165) is 13.1 Å². The summed E-state index contributed by atoms with van der Waals surface area (Å²) in [5, 5.41) is 4.92. The number of rotatable bonds is 5. The second-order valence-corrected chi connectivity index (χ2v) is 3.93. The quantitative estimate of drug-likeness (QED) is 0.657. The standard InChI is InChI=1S/C11H21N3O/c1-3-7-12-11(15)10(2)13-14-8-5-4-6-9-14/h3,10,13H,1,4-9H2,2H3,(H,12,15). The third kappa shape index (κ3) is 4.44. The van der Waals surface area contributed by atoms with Crippen LogP contribution >= 0.6 is 0 Å². The largest absolute Gasteiger partial charge is 0.351 e. The molecule has 0 aromatic heterocycles. The zero-order valence-corrected chi connectivity index (χ0v) is 9.46. The van der Waals surface area contributed by atoms with E-state index in [0.29, 0.717) is 6.54 Å². The molecular formula is C11H21N3O. The molecule has 1 rings (SSSR count). The number of hydrogen-bond donors (Lipinski definition) is 2. The molecule has 15 heavy (non-hydrogen) atoms. The summed E-state index contributed by atoms with van der Waals surface area (Å²) in [7, 11) is 0. The van der Waals surface area contributed by atoms with Gasteiger partial charge < -0.3 is 5.32 Å². The molecule has 0 saturated carbocycles. The second kappa shape index (κ2) is 6.58. The summed E-state index contributed by atoms with van der Waals surface area (Å²) in [5.41, 5.74) is 3.21. The van der Waals surface area contributed by atoms with Gasteiger partial charge in [0.25, 0.3) is 0 Å². The van der Waals surface area contributed by atoms with Crippen molar-refractivity contribution in [2.45, 2.75) is 32.2 Å². The molecule has 0 spiro atoms. The second-order valence-electron chi connectivity index (χ2n) is 3.93. The van der Waals surface area contributed by atoms with E-state index < -0.39 is 0 Å². The van der Waals surface area contributed by atoms with E-state index in [1.54, 1.807) is 6.08 Å². The fourth-order valence-electron chi connectivity index (χ4n) is 1.68. The van der Waals surface area contributed by atoms with Crippen molar-refractivity contribution in [3.63, 3.8) is 0 Å². The van der Waals surface area contributed by atoms with Crippen LogP contribution in [0.2, 0.25) is 0 Å². The van der Waals surface area contributed by atoms with Crippen molar-refractivity contribution in [2.24, 2.45) is 0 Å². The molecular weight excluding hydrogens is 190 g/mol. The Morgan fingerprint density at radius 3 is 2.73 bits per heavy atom. The highest BCUT2D eigenvalue weighted by Gasteiger charge is 2.16. The molecule has 0 aromatic rings. The number of carbonyl (C=O) groups is 1. The average molecular weight is 211 g/mol. The molecule has 2 N–H and O–H groups in total. The Balaban J connectivity index is 2.23. The van der Waals surface area contributed by atoms with E-state index in [2.05, 4.69) is 22.3 Å². The molecule has 0 radical (unpaired) electrons. The lowest BCUT2D eigenvalue weighted by atomic mass is 10.2. The minimum Gasteiger partial charge on any atom is -0.351 e. The van der Waals surface area contributed by atoms with Gasteiger partial charge in [0.1, 0.15) is 0 Å². The summed E-state index contributed by atoms with van der Waals surface area (Å²) in [6.45, 7) is 8.06. The maximum Gasteiger partial charge on any atom is 0.238 e. The Morgan fingerprint density at radius 1 is 1.47 bits per heavy atom. The Hall–Kier alpha value is -0.870. The van der Waals surface area contributed by atoms with Crippen molar-refractivity contribution in [1.82, 2.24) is 15.8 Å². The summed E-state index contributed by atoms with van der Waals surface area (Å²) >= 11 is 0. The molecule has 1 heterocycles. The van der Waals surface area contributed by atoms with Gasteiger partial charge in [-0.3, -0.25) is 4.79 Å². The van der Waals surface area contributed by atoms with E-state index >= 15 is 0 Å². The first kappa shape index (κ1) is 12.2. The van der Waals surface area contributed by atoms with Crippen molar-refractivity contribution >= 4 is 5.91 Å². The van der Waals surface area contributed by atoms with Crippen LogP contribution in [-0.4, -0.2) is 36.6 Å². The van der Waals surface area contributed by atoms with Gasteiger partial charge in [-0.05, 0) is 19.8 Å². The maximum atomic E-state index is 11.5. The van der Waals surface area contributed by atoms with Gasteiger partial charge in [0.05, 0.1) is 6.04 Å². The maximum absolute atomic E-state index is 11.5. The van der Waals surface area contributed by atoms with Crippen LogP contribution in [0.1, 0.15) is 26.2 Å². The third-order valence-corrected chi connectivity index (χ3v) is 2.55. The van der Waals surface area contributed by atoms with Crippen molar-refractivity contribution in [3.8, 4) is 0 Å². The predicted molar refractivity (Wildman–Crippen MR) is 61.2 cm³/mol. The summed E-state index contributed by atoms with van der Waals surface area (Å²) in [4.78, 5) is 11.5. The molecule has 0 bridgehead atoms. The van der Waals surface area contributed by atoms with Crippen molar-refractivity contribution in [2.75, 3.05) is 19.6 Å². The molecule has 1 fully saturated rings. The van der Waals surface area contributed by atoms with Gasteiger partial charge in [-0.2, -0.15) is 0 Å². The number of nitrogens with one attached hydrogen (secondary N) is 2. The van der Waals surface area contributed by atoms with Gasteiger partial charge >= 0.3 is 0 Å². The van der Waals surface area contributed by atoms with E-state index in [1.807, 2.05) is 6.92 Å². The number of amides is 1. The number of carbonyl (C=O) groups excluding carboxylic acids is 1. The average Bonchev–Trinajstić information content (AvgIpc) is 2.27. The molecule has 4 nitrogen and oxygen atoms in total. The third-order valence-electron chi connectivity index (χ3n) is 2.55. The van der Waals surface area contributed by atoms with Crippen LogP contribution in [0.4, 0.5) is 0 Å². The summed E-state index contributed by atoms with van der Waals surface area (Å²) < 4.78 is 0. The Bertz CT molecular complexity index is 212. The molecule has 1 aliphatic rings. The summed E-state index contributed by atoms with van der Waals surface area (Å²) in [6.07, 6.45) is 5.42. The number of piperidine rings is 1. The molecule has 1 saturated heterocycles. The highest BCUT2D eigenvalue weighted by atomic mass is 16.2. The van der Waals surface area contributed by atoms with Crippen molar-refractivity contribution in [1.29, 1.82) is 0 Å². The first-order chi connectivity index (χ1) is 7.24. The fraction of sp³-hybridized carbons (Fsp3) is 0.727. The molecule has 0 aromatic carbocycles.